The maximum atomic E-state index is 11.6. The SMILES string of the molecule is CCOC(=O)CCC(=O)NC(=S)Nc1cccc(C#N)c1. The van der Waals surface area contributed by atoms with Gasteiger partial charge in [0.15, 0.2) is 5.11 Å². The fourth-order valence-corrected chi connectivity index (χ4v) is 1.70. The minimum Gasteiger partial charge on any atom is -0.466 e. The van der Waals surface area contributed by atoms with E-state index >= 15 is 0 Å². The van der Waals surface area contributed by atoms with Crippen LogP contribution in [0.5, 0.6) is 0 Å². The Hall–Kier alpha value is -2.46. The van der Waals surface area contributed by atoms with Crippen LogP contribution < -0.4 is 10.6 Å². The lowest BCUT2D eigenvalue weighted by Crippen LogP contribution is -2.34. The summed E-state index contributed by atoms with van der Waals surface area (Å²) in [7, 11) is 0. The molecule has 0 aliphatic heterocycles. The van der Waals surface area contributed by atoms with Crippen LogP contribution in [0.1, 0.15) is 25.3 Å². The highest BCUT2D eigenvalue weighted by Gasteiger charge is 2.09. The first kappa shape index (κ1) is 16.6. The molecule has 0 saturated carbocycles. The van der Waals surface area contributed by atoms with E-state index in [1.807, 2.05) is 6.07 Å². The molecule has 0 fully saturated rings. The normalized spacial score (nSPS) is 9.33. The lowest BCUT2D eigenvalue weighted by molar-refractivity contribution is -0.144. The number of amides is 1. The molecule has 0 aromatic heterocycles. The fourth-order valence-electron chi connectivity index (χ4n) is 1.47. The molecule has 6 nitrogen and oxygen atoms in total. The summed E-state index contributed by atoms with van der Waals surface area (Å²) in [6, 6.07) is 8.69. The summed E-state index contributed by atoms with van der Waals surface area (Å²) in [5.41, 5.74) is 1.08. The monoisotopic (exact) mass is 305 g/mol. The molecule has 0 bridgehead atoms. The van der Waals surface area contributed by atoms with Gasteiger partial charge in [0.05, 0.1) is 24.7 Å². The molecular formula is C14H15N3O3S. The number of nitrogens with one attached hydrogen (secondary N) is 2. The minimum absolute atomic E-state index is 0.00110. The first-order valence-corrected chi connectivity index (χ1v) is 6.72. The molecule has 0 atom stereocenters. The Morgan fingerprint density at radius 3 is 2.81 bits per heavy atom. The maximum Gasteiger partial charge on any atom is 0.306 e. The molecule has 0 heterocycles. The molecule has 1 aromatic carbocycles. The van der Waals surface area contributed by atoms with Crippen LogP contribution in [0, 0.1) is 11.3 Å². The highest BCUT2D eigenvalue weighted by Crippen LogP contribution is 2.09. The molecule has 110 valence electrons. The Bertz CT molecular complexity index is 581. The average Bonchev–Trinajstić information content (AvgIpc) is 2.45. The summed E-state index contributed by atoms with van der Waals surface area (Å²) in [6.07, 6.45) is 0.00505. The summed E-state index contributed by atoms with van der Waals surface area (Å²) in [6.45, 7) is 1.99. The van der Waals surface area contributed by atoms with Crippen molar-refractivity contribution in [1.29, 1.82) is 5.26 Å². The van der Waals surface area contributed by atoms with Crippen molar-refractivity contribution in [2.75, 3.05) is 11.9 Å². The number of anilines is 1. The van der Waals surface area contributed by atoms with E-state index in [0.717, 1.165) is 0 Å². The van der Waals surface area contributed by atoms with Crippen LogP contribution in [0.2, 0.25) is 0 Å². The first-order valence-electron chi connectivity index (χ1n) is 6.31. The number of rotatable bonds is 5. The van der Waals surface area contributed by atoms with E-state index in [2.05, 4.69) is 10.6 Å². The quantitative estimate of drug-likeness (QED) is 0.636. The van der Waals surface area contributed by atoms with Crippen molar-refractivity contribution in [3.63, 3.8) is 0 Å². The lowest BCUT2D eigenvalue weighted by Gasteiger charge is -2.09. The topological polar surface area (TPSA) is 91.2 Å². The molecule has 0 aliphatic rings. The molecule has 0 aliphatic carbocycles. The number of esters is 1. The van der Waals surface area contributed by atoms with Gasteiger partial charge in [-0.25, -0.2) is 0 Å². The van der Waals surface area contributed by atoms with Crippen molar-refractivity contribution in [3.8, 4) is 6.07 Å². The van der Waals surface area contributed by atoms with E-state index in [-0.39, 0.29) is 30.5 Å². The van der Waals surface area contributed by atoms with Gasteiger partial charge in [-0.15, -0.1) is 0 Å². The Labute approximate surface area is 128 Å². The third kappa shape index (κ3) is 6.49. The second-order valence-electron chi connectivity index (χ2n) is 4.00. The number of thiocarbonyl (C=S) groups is 1. The lowest BCUT2D eigenvalue weighted by atomic mass is 10.2. The highest BCUT2D eigenvalue weighted by atomic mass is 32.1. The van der Waals surface area contributed by atoms with Crippen molar-refractivity contribution < 1.29 is 14.3 Å². The molecule has 1 amide bonds. The summed E-state index contributed by atoms with van der Waals surface area (Å²) < 4.78 is 4.72. The largest absolute Gasteiger partial charge is 0.466 e. The zero-order valence-corrected chi connectivity index (χ0v) is 12.3. The predicted octanol–water partition coefficient (Wildman–Crippen LogP) is 1.71. The molecule has 21 heavy (non-hydrogen) atoms. The van der Waals surface area contributed by atoms with Crippen LogP contribution >= 0.6 is 12.2 Å². The number of benzene rings is 1. The summed E-state index contributed by atoms with van der Waals surface area (Å²) in [5.74, 6) is -0.801. The fraction of sp³-hybridized carbons (Fsp3) is 0.286. The molecule has 0 unspecified atom stereocenters. The smallest absolute Gasteiger partial charge is 0.306 e. The number of hydrogen-bond acceptors (Lipinski definition) is 5. The molecule has 7 heteroatoms. The van der Waals surface area contributed by atoms with Gasteiger partial charge in [0.2, 0.25) is 5.91 Å². The van der Waals surface area contributed by atoms with Gasteiger partial charge in [0.1, 0.15) is 0 Å². The van der Waals surface area contributed by atoms with Gasteiger partial charge in [-0.2, -0.15) is 5.26 Å². The van der Waals surface area contributed by atoms with Gasteiger partial charge in [-0.3, -0.25) is 9.59 Å². The van der Waals surface area contributed by atoms with Crippen molar-refractivity contribution in [2.45, 2.75) is 19.8 Å². The number of nitrogens with zero attached hydrogens (tertiary/aromatic N) is 1. The van der Waals surface area contributed by atoms with Crippen LogP contribution in [-0.4, -0.2) is 23.6 Å². The van der Waals surface area contributed by atoms with Gasteiger partial charge in [-0.1, -0.05) is 6.07 Å². The number of carbonyl (C=O) groups is 2. The van der Waals surface area contributed by atoms with E-state index in [4.69, 9.17) is 22.2 Å². The van der Waals surface area contributed by atoms with E-state index in [1.54, 1.807) is 31.2 Å². The van der Waals surface area contributed by atoms with Gasteiger partial charge in [0.25, 0.3) is 0 Å². The standard InChI is InChI=1S/C14H15N3O3S/c1-2-20-13(19)7-6-12(18)17-14(21)16-11-5-3-4-10(8-11)9-15/h3-5,8H,2,6-7H2,1H3,(H2,16,17,18,21). The first-order chi connectivity index (χ1) is 10.0. The maximum absolute atomic E-state index is 11.6. The van der Waals surface area contributed by atoms with Crippen LogP contribution in [0.4, 0.5) is 5.69 Å². The third-order valence-corrected chi connectivity index (χ3v) is 2.57. The summed E-state index contributed by atoms with van der Waals surface area (Å²) in [4.78, 5) is 22.7. The number of hydrogen-bond donors (Lipinski definition) is 2. The second kappa shape index (κ2) is 8.66. The molecule has 0 radical (unpaired) electrons. The van der Waals surface area contributed by atoms with Crippen LogP contribution in [-0.2, 0) is 14.3 Å². The van der Waals surface area contributed by atoms with Crippen LogP contribution in [0.25, 0.3) is 0 Å². The Kier molecular flexibility index (Phi) is 6.84. The Morgan fingerprint density at radius 1 is 1.38 bits per heavy atom. The van der Waals surface area contributed by atoms with Gasteiger partial charge < -0.3 is 15.4 Å². The average molecular weight is 305 g/mol. The zero-order chi connectivity index (χ0) is 15.7. The van der Waals surface area contributed by atoms with Crippen molar-refractivity contribution in [2.24, 2.45) is 0 Å². The summed E-state index contributed by atoms with van der Waals surface area (Å²) in [5, 5.41) is 14.1. The Morgan fingerprint density at radius 2 is 2.14 bits per heavy atom. The second-order valence-corrected chi connectivity index (χ2v) is 4.41. The molecule has 1 rings (SSSR count). The van der Waals surface area contributed by atoms with E-state index in [1.165, 1.54) is 0 Å². The van der Waals surface area contributed by atoms with Gasteiger partial charge >= 0.3 is 5.97 Å². The van der Waals surface area contributed by atoms with E-state index < -0.39 is 5.97 Å². The number of carbonyl (C=O) groups excluding carboxylic acids is 2. The van der Waals surface area contributed by atoms with Gasteiger partial charge in [0, 0.05) is 12.1 Å². The van der Waals surface area contributed by atoms with E-state index in [0.29, 0.717) is 11.3 Å². The minimum atomic E-state index is -0.423. The predicted molar refractivity (Wildman–Crippen MR) is 81.4 cm³/mol. The summed E-state index contributed by atoms with van der Waals surface area (Å²) >= 11 is 4.98. The molecular weight excluding hydrogens is 290 g/mol. The van der Waals surface area contributed by atoms with Crippen molar-refractivity contribution in [3.05, 3.63) is 29.8 Å². The number of ether oxygens (including phenoxy) is 1. The molecule has 0 saturated heterocycles. The Balaban J connectivity index is 2.41. The van der Waals surface area contributed by atoms with Crippen LogP contribution in [0.3, 0.4) is 0 Å². The molecule has 0 spiro atoms. The molecule has 1 aromatic rings. The molecule has 2 N–H and O–H groups in total. The van der Waals surface area contributed by atoms with Crippen LogP contribution in [0.15, 0.2) is 24.3 Å². The van der Waals surface area contributed by atoms with Crippen molar-refractivity contribution >= 4 is 34.9 Å². The number of nitriles is 1. The third-order valence-electron chi connectivity index (χ3n) is 2.36. The van der Waals surface area contributed by atoms with E-state index in [9.17, 15) is 9.59 Å². The van der Waals surface area contributed by atoms with Crippen molar-refractivity contribution in [1.82, 2.24) is 5.32 Å². The zero-order valence-electron chi connectivity index (χ0n) is 11.5. The highest BCUT2D eigenvalue weighted by molar-refractivity contribution is 7.80. The van der Waals surface area contributed by atoms with Gasteiger partial charge in [-0.05, 0) is 37.3 Å².